The number of dihydropyridines is 1. The van der Waals surface area contributed by atoms with E-state index in [2.05, 4.69) is 15.5 Å². The number of rotatable bonds is 8. The average molecular weight is 465 g/mol. The molecule has 1 aromatic carbocycles. The molecule has 0 spiro atoms. The van der Waals surface area contributed by atoms with Gasteiger partial charge in [-0.25, -0.2) is 4.79 Å². The van der Waals surface area contributed by atoms with Crippen molar-refractivity contribution in [3.8, 4) is 0 Å². The summed E-state index contributed by atoms with van der Waals surface area (Å²) in [6, 6.07) is 5.91. The quantitative estimate of drug-likeness (QED) is 0.204. The molecule has 0 fully saturated rings. The molecular weight excluding hydrogens is 444 g/mol. The zero-order chi connectivity index (χ0) is 23.4. The molecule has 1 N–H and O–H groups in total. The van der Waals surface area contributed by atoms with Crippen molar-refractivity contribution in [1.29, 1.82) is 0 Å². The van der Waals surface area contributed by atoms with Gasteiger partial charge in [0.2, 0.25) is 0 Å². The summed E-state index contributed by atoms with van der Waals surface area (Å²) in [5.74, 6) is -1.18. The molecule has 0 bridgehead atoms. The summed E-state index contributed by atoms with van der Waals surface area (Å²) in [6.45, 7) is 1.74. The number of carbonyl (C=O) groups is 1. The minimum atomic E-state index is -0.942. The Bertz CT molecular complexity index is 1090. The molecule has 0 aliphatic carbocycles. The lowest BCUT2D eigenvalue weighted by atomic mass is 9.80. The number of nitro groups is 1. The number of benzene rings is 1. The highest BCUT2D eigenvalue weighted by Gasteiger charge is 2.40. The summed E-state index contributed by atoms with van der Waals surface area (Å²) in [5.41, 5.74) is 1.68. The van der Waals surface area contributed by atoms with Gasteiger partial charge in [0, 0.05) is 37.6 Å². The Morgan fingerprint density at radius 2 is 2.06 bits per heavy atom. The van der Waals surface area contributed by atoms with Crippen molar-refractivity contribution >= 4 is 28.8 Å². The number of allylic oxidation sites excluding steroid dienone is 2. The molecule has 1 aromatic heterocycles. The second kappa shape index (κ2) is 9.90. The van der Waals surface area contributed by atoms with Crippen LogP contribution in [0.3, 0.4) is 0 Å². The standard InChI is InChI=1S/C20H21ClN4O7/c1-10-14(18-23-13(9-21)24-32-18)15(11-6-5-7-12(8-11)25(27)28)16(19(26)29-2)17(22-10)20(30-3)31-4/h5-8,15,20,22H,9H2,1-4H3. The number of aromatic nitrogens is 2. The van der Waals surface area contributed by atoms with E-state index in [0.717, 1.165) is 0 Å². The lowest BCUT2D eigenvalue weighted by molar-refractivity contribution is -0.384. The number of esters is 1. The van der Waals surface area contributed by atoms with E-state index in [4.69, 9.17) is 30.3 Å². The van der Waals surface area contributed by atoms with Crippen molar-refractivity contribution < 1.29 is 28.5 Å². The minimum absolute atomic E-state index is 0.0190. The van der Waals surface area contributed by atoms with Gasteiger partial charge in [-0.15, -0.1) is 11.6 Å². The lowest BCUT2D eigenvalue weighted by Crippen LogP contribution is -2.36. The summed E-state index contributed by atoms with van der Waals surface area (Å²) in [4.78, 5) is 28.2. The Kier molecular flexibility index (Phi) is 7.23. The predicted octanol–water partition coefficient (Wildman–Crippen LogP) is 2.88. The molecule has 12 heteroatoms. The van der Waals surface area contributed by atoms with E-state index in [9.17, 15) is 14.9 Å². The number of methoxy groups -OCH3 is 3. The molecule has 11 nitrogen and oxygen atoms in total. The fraction of sp³-hybridized carbons (Fsp3) is 0.350. The molecule has 2 heterocycles. The van der Waals surface area contributed by atoms with Gasteiger partial charge in [0.05, 0.1) is 35.1 Å². The largest absolute Gasteiger partial charge is 0.466 e. The Morgan fingerprint density at radius 3 is 2.62 bits per heavy atom. The van der Waals surface area contributed by atoms with E-state index in [1.54, 1.807) is 13.0 Å². The maximum atomic E-state index is 13.0. The van der Waals surface area contributed by atoms with E-state index in [-0.39, 0.29) is 34.6 Å². The molecular formula is C20H21ClN4O7. The summed E-state index contributed by atoms with van der Waals surface area (Å²) in [5, 5.41) is 18.3. The van der Waals surface area contributed by atoms with Crippen LogP contribution in [0, 0.1) is 10.1 Å². The molecule has 0 saturated carbocycles. The van der Waals surface area contributed by atoms with Gasteiger partial charge in [-0.2, -0.15) is 4.98 Å². The van der Waals surface area contributed by atoms with Crippen molar-refractivity contribution in [1.82, 2.24) is 15.5 Å². The van der Waals surface area contributed by atoms with Gasteiger partial charge in [0.15, 0.2) is 12.1 Å². The van der Waals surface area contributed by atoms with Gasteiger partial charge < -0.3 is 24.1 Å². The molecule has 1 atom stereocenters. The van der Waals surface area contributed by atoms with Gasteiger partial charge in [-0.3, -0.25) is 10.1 Å². The number of nitrogens with zero attached hydrogens (tertiary/aromatic N) is 3. The zero-order valence-electron chi connectivity index (χ0n) is 17.7. The molecule has 1 aliphatic heterocycles. The molecule has 0 amide bonds. The van der Waals surface area contributed by atoms with E-state index in [0.29, 0.717) is 16.8 Å². The van der Waals surface area contributed by atoms with Crippen LogP contribution < -0.4 is 5.32 Å². The van der Waals surface area contributed by atoms with Crippen molar-refractivity contribution in [3.63, 3.8) is 0 Å². The second-order valence-corrected chi connectivity index (χ2v) is 6.99. The Morgan fingerprint density at radius 1 is 1.34 bits per heavy atom. The lowest BCUT2D eigenvalue weighted by Gasteiger charge is -2.33. The van der Waals surface area contributed by atoms with Gasteiger partial charge in [0.25, 0.3) is 11.6 Å². The third-order valence-electron chi connectivity index (χ3n) is 4.90. The fourth-order valence-electron chi connectivity index (χ4n) is 3.56. The number of hydrogen-bond acceptors (Lipinski definition) is 10. The molecule has 2 aromatic rings. The van der Waals surface area contributed by atoms with Crippen LogP contribution in [-0.4, -0.2) is 48.7 Å². The molecule has 170 valence electrons. The first-order valence-corrected chi connectivity index (χ1v) is 9.88. The molecule has 32 heavy (non-hydrogen) atoms. The Labute approximate surface area is 188 Å². The highest BCUT2D eigenvalue weighted by molar-refractivity contribution is 6.16. The number of non-ortho nitro benzene ring substituents is 1. The predicted molar refractivity (Wildman–Crippen MR) is 112 cm³/mol. The van der Waals surface area contributed by atoms with Crippen molar-refractivity contribution in [2.24, 2.45) is 0 Å². The van der Waals surface area contributed by atoms with Gasteiger partial charge in [-0.05, 0) is 12.5 Å². The third-order valence-corrected chi connectivity index (χ3v) is 5.13. The van der Waals surface area contributed by atoms with Crippen molar-refractivity contribution in [3.05, 3.63) is 68.6 Å². The van der Waals surface area contributed by atoms with Gasteiger partial charge in [-0.1, -0.05) is 17.3 Å². The number of nitrogens with one attached hydrogen (secondary N) is 1. The van der Waals surface area contributed by atoms with Crippen molar-refractivity contribution in [2.45, 2.75) is 25.0 Å². The third kappa shape index (κ3) is 4.35. The Hall–Kier alpha value is -3.28. The number of hydrogen-bond donors (Lipinski definition) is 1. The number of nitro benzene ring substituents is 1. The minimum Gasteiger partial charge on any atom is -0.466 e. The molecule has 3 rings (SSSR count). The van der Waals surface area contributed by atoms with Crippen LogP contribution in [0.5, 0.6) is 0 Å². The highest BCUT2D eigenvalue weighted by atomic mass is 35.5. The SMILES string of the molecule is COC(=O)C1=C(C(OC)OC)NC(C)=C(c2nc(CCl)no2)C1c1cccc([N+](=O)[O-])c1. The number of ether oxygens (including phenoxy) is 3. The molecule has 0 saturated heterocycles. The van der Waals surface area contributed by atoms with Gasteiger partial charge in [0.1, 0.15) is 0 Å². The smallest absolute Gasteiger partial charge is 0.336 e. The topological polar surface area (TPSA) is 139 Å². The first-order chi connectivity index (χ1) is 15.4. The van der Waals surface area contributed by atoms with Crippen LogP contribution >= 0.6 is 11.6 Å². The average Bonchev–Trinajstić information content (AvgIpc) is 3.27. The number of carbonyl (C=O) groups excluding carboxylic acids is 1. The van der Waals surface area contributed by atoms with Crippen LogP contribution in [0.1, 0.15) is 30.1 Å². The summed E-state index contributed by atoms with van der Waals surface area (Å²) in [7, 11) is 4.06. The molecule has 0 radical (unpaired) electrons. The van der Waals surface area contributed by atoms with Crippen molar-refractivity contribution in [2.75, 3.05) is 21.3 Å². The molecule has 1 unspecified atom stereocenters. The van der Waals surface area contributed by atoms with E-state index < -0.39 is 23.1 Å². The van der Waals surface area contributed by atoms with E-state index in [1.807, 2.05) is 0 Å². The van der Waals surface area contributed by atoms with Gasteiger partial charge >= 0.3 is 5.97 Å². The zero-order valence-corrected chi connectivity index (χ0v) is 18.5. The normalized spacial score (nSPS) is 16.4. The first kappa shape index (κ1) is 23.4. The highest BCUT2D eigenvalue weighted by Crippen LogP contribution is 2.44. The summed E-state index contributed by atoms with van der Waals surface area (Å²) >= 11 is 5.82. The van der Waals surface area contributed by atoms with Crippen LogP contribution in [0.15, 0.2) is 45.8 Å². The monoisotopic (exact) mass is 464 g/mol. The maximum absolute atomic E-state index is 13.0. The second-order valence-electron chi connectivity index (χ2n) is 6.72. The van der Waals surface area contributed by atoms with Crippen LogP contribution in [0.4, 0.5) is 5.69 Å². The maximum Gasteiger partial charge on any atom is 0.336 e. The summed E-state index contributed by atoms with van der Waals surface area (Å²) < 4.78 is 21.2. The fourth-order valence-corrected chi connectivity index (χ4v) is 3.67. The van der Waals surface area contributed by atoms with Crippen LogP contribution in [-0.2, 0) is 24.9 Å². The summed E-state index contributed by atoms with van der Waals surface area (Å²) in [6.07, 6.45) is -0.942. The van der Waals surface area contributed by atoms with Crippen LogP contribution in [0.2, 0.25) is 0 Å². The number of alkyl halides is 1. The van der Waals surface area contributed by atoms with E-state index in [1.165, 1.54) is 39.5 Å². The number of halogens is 1. The first-order valence-electron chi connectivity index (χ1n) is 9.35. The van der Waals surface area contributed by atoms with Crippen LogP contribution in [0.25, 0.3) is 5.57 Å². The van der Waals surface area contributed by atoms with E-state index >= 15 is 0 Å². The Balaban J connectivity index is 2.32. The molecule has 1 aliphatic rings.